The predicted molar refractivity (Wildman–Crippen MR) is 81.1 cm³/mol. The summed E-state index contributed by atoms with van der Waals surface area (Å²) < 4.78 is 0. The van der Waals surface area contributed by atoms with Gasteiger partial charge in [0.25, 0.3) is 0 Å². The Bertz CT molecular complexity index is 483. The molecular weight excluding hydrogens is 276 g/mol. The van der Waals surface area contributed by atoms with Gasteiger partial charge in [-0.2, -0.15) is 0 Å². The van der Waals surface area contributed by atoms with Crippen molar-refractivity contribution in [3.05, 3.63) is 28.8 Å². The Labute approximate surface area is 124 Å². The summed E-state index contributed by atoms with van der Waals surface area (Å²) in [5.41, 5.74) is 1.80. The summed E-state index contributed by atoms with van der Waals surface area (Å²) >= 11 is 6.30. The van der Waals surface area contributed by atoms with Gasteiger partial charge >= 0.3 is 0 Å². The lowest BCUT2D eigenvalue weighted by Crippen LogP contribution is -2.39. The predicted octanol–water partition coefficient (Wildman–Crippen LogP) is 2.36. The number of nitrogens with zero attached hydrogens (tertiary/aromatic N) is 1. The molecule has 110 valence electrons. The SMILES string of the molecule is CNC(=O)C1CCN(c2ccc([C@@H](C)O)cc2Cl)CC1. The molecule has 2 rings (SSSR count). The number of aliphatic hydroxyl groups excluding tert-OH is 1. The number of amides is 1. The van der Waals surface area contributed by atoms with E-state index in [0.29, 0.717) is 5.02 Å². The molecule has 0 bridgehead atoms. The molecule has 0 aliphatic carbocycles. The highest BCUT2D eigenvalue weighted by atomic mass is 35.5. The summed E-state index contributed by atoms with van der Waals surface area (Å²) in [7, 11) is 1.68. The zero-order valence-electron chi connectivity index (χ0n) is 11.9. The minimum absolute atomic E-state index is 0.103. The van der Waals surface area contributed by atoms with Gasteiger partial charge in [-0.3, -0.25) is 4.79 Å². The Balaban J connectivity index is 2.05. The Morgan fingerprint density at radius 3 is 2.60 bits per heavy atom. The number of halogens is 1. The third-order valence-electron chi connectivity index (χ3n) is 3.91. The fourth-order valence-electron chi connectivity index (χ4n) is 2.63. The Hall–Kier alpha value is -1.26. The van der Waals surface area contributed by atoms with Gasteiger partial charge in [-0.05, 0) is 37.5 Å². The maximum absolute atomic E-state index is 11.6. The molecular formula is C15H21ClN2O2. The second-order valence-corrected chi connectivity index (χ2v) is 5.67. The van der Waals surface area contributed by atoms with Crippen LogP contribution in [0.2, 0.25) is 5.02 Å². The van der Waals surface area contributed by atoms with Gasteiger partial charge in [-0.25, -0.2) is 0 Å². The highest BCUT2D eigenvalue weighted by molar-refractivity contribution is 6.33. The van der Waals surface area contributed by atoms with Crippen LogP contribution < -0.4 is 10.2 Å². The summed E-state index contributed by atoms with van der Waals surface area (Å²) in [5.74, 6) is 0.229. The Morgan fingerprint density at radius 1 is 1.45 bits per heavy atom. The third kappa shape index (κ3) is 3.25. The molecule has 0 unspecified atom stereocenters. The van der Waals surface area contributed by atoms with E-state index in [2.05, 4.69) is 10.2 Å². The third-order valence-corrected chi connectivity index (χ3v) is 4.21. The molecule has 1 atom stereocenters. The summed E-state index contributed by atoms with van der Waals surface area (Å²) in [5, 5.41) is 12.9. The van der Waals surface area contributed by atoms with Crippen molar-refractivity contribution in [3.63, 3.8) is 0 Å². The molecule has 0 radical (unpaired) electrons. The number of carbonyl (C=O) groups is 1. The molecule has 1 amide bonds. The molecule has 2 N–H and O–H groups in total. The van der Waals surface area contributed by atoms with Crippen molar-refractivity contribution in [1.82, 2.24) is 5.32 Å². The van der Waals surface area contributed by atoms with Crippen LogP contribution in [0.15, 0.2) is 18.2 Å². The smallest absolute Gasteiger partial charge is 0.222 e. The van der Waals surface area contributed by atoms with Crippen LogP contribution in [0, 0.1) is 5.92 Å². The van der Waals surface area contributed by atoms with Crippen LogP contribution in [0.4, 0.5) is 5.69 Å². The van der Waals surface area contributed by atoms with Gasteiger partial charge < -0.3 is 15.3 Å². The number of carbonyl (C=O) groups excluding carboxylic acids is 1. The number of rotatable bonds is 3. The summed E-state index contributed by atoms with van der Waals surface area (Å²) in [4.78, 5) is 13.8. The fraction of sp³-hybridized carbons (Fsp3) is 0.533. The molecule has 1 fully saturated rings. The first kappa shape index (κ1) is 15.1. The maximum atomic E-state index is 11.6. The maximum Gasteiger partial charge on any atom is 0.222 e. The highest BCUT2D eigenvalue weighted by Gasteiger charge is 2.25. The van der Waals surface area contributed by atoms with Gasteiger partial charge in [0.05, 0.1) is 16.8 Å². The van der Waals surface area contributed by atoms with Crippen LogP contribution in [0.3, 0.4) is 0 Å². The van der Waals surface area contributed by atoms with Gasteiger partial charge in [0.2, 0.25) is 5.91 Å². The first-order chi connectivity index (χ1) is 9.52. The molecule has 0 spiro atoms. The molecule has 5 heteroatoms. The zero-order chi connectivity index (χ0) is 14.7. The van der Waals surface area contributed by atoms with Gasteiger partial charge in [-0.15, -0.1) is 0 Å². The number of hydrogen-bond donors (Lipinski definition) is 2. The van der Waals surface area contributed by atoms with E-state index in [9.17, 15) is 9.90 Å². The van der Waals surface area contributed by atoms with E-state index < -0.39 is 6.10 Å². The number of anilines is 1. The number of piperidine rings is 1. The van der Waals surface area contributed by atoms with Crippen molar-refractivity contribution in [1.29, 1.82) is 0 Å². The number of nitrogens with one attached hydrogen (secondary N) is 1. The van der Waals surface area contributed by atoms with Crippen LogP contribution in [-0.2, 0) is 4.79 Å². The monoisotopic (exact) mass is 296 g/mol. The van der Waals surface area contributed by atoms with E-state index in [-0.39, 0.29) is 11.8 Å². The molecule has 4 nitrogen and oxygen atoms in total. The molecule has 1 aromatic rings. The van der Waals surface area contributed by atoms with Crippen molar-refractivity contribution in [2.75, 3.05) is 25.0 Å². The minimum atomic E-state index is -0.513. The van der Waals surface area contributed by atoms with E-state index in [0.717, 1.165) is 37.2 Å². The van der Waals surface area contributed by atoms with Crippen molar-refractivity contribution >= 4 is 23.2 Å². The molecule has 1 aromatic carbocycles. The lowest BCUT2D eigenvalue weighted by Gasteiger charge is -2.33. The summed E-state index contributed by atoms with van der Waals surface area (Å²) in [6.07, 6.45) is 1.17. The molecule has 1 aliphatic rings. The Morgan fingerprint density at radius 2 is 2.10 bits per heavy atom. The van der Waals surface area contributed by atoms with Crippen LogP contribution in [0.5, 0.6) is 0 Å². The highest BCUT2D eigenvalue weighted by Crippen LogP contribution is 2.31. The number of benzene rings is 1. The summed E-state index contributed by atoms with van der Waals surface area (Å²) in [6, 6.07) is 5.66. The second kappa shape index (κ2) is 6.46. The van der Waals surface area contributed by atoms with Crippen LogP contribution in [0.25, 0.3) is 0 Å². The van der Waals surface area contributed by atoms with E-state index in [1.807, 2.05) is 18.2 Å². The first-order valence-corrected chi connectivity index (χ1v) is 7.34. The van der Waals surface area contributed by atoms with Crippen molar-refractivity contribution in [2.24, 2.45) is 5.92 Å². The van der Waals surface area contributed by atoms with Gasteiger partial charge in [0, 0.05) is 26.1 Å². The van der Waals surface area contributed by atoms with Gasteiger partial charge in [0.15, 0.2) is 0 Å². The lowest BCUT2D eigenvalue weighted by molar-refractivity contribution is -0.125. The number of aliphatic hydroxyl groups is 1. The van der Waals surface area contributed by atoms with E-state index >= 15 is 0 Å². The molecule has 1 saturated heterocycles. The van der Waals surface area contributed by atoms with Crippen LogP contribution in [0.1, 0.15) is 31.4 Å². The van der Waals surface area contributed by atoms with E-state index in [1.165, 1.54) is 0 Å². The molecule has 1 aliphatic heterocycles. The van der Waals surface area contributed by atoms with Crippen molar-refractivity contribution in [3.8, 4) is 0 Å². The quantitative estimate of drug-likeness (QED) is 0.900. The van der Waals surface area contributed by atoms with Gasteiger partial charge in [0.1, 0.15) is 0 Å². The zero-order valence-corrected chi connectivity index (χ0v) is 12.7. The first-order valence-electron chi connectivity index (χ1n) is 6.97. The largest absolute Gasteiger partial charge is 0.389 e. The lowest BCUT2D eigenvalue weighted by atomic mass is 9.95. The molecule has 0 aromatic heterocycles. The second-order valence-electron chi connectivity index (χ2n) is 5.26. The topological polar surface area (TPSA) is 52.6 Å². The van der Waals surface area contributed by atoms with Crippen LogP contribution in [-0.4, -0.2) is 31.2 Å². The van der Waals surface area contributed by atoms with E-state index in [1.54, 1.807) is 14.0 Å². The standard InChI is InChI=1S/C15H21ClN2O2/c1-10(19)12-3-4-14(13(16)9-12)18-7-5-11(6-8-18)15(20)17-2/h3-4,9-11,19H,5-8H2,1-2H3,(H,17,20)/t10-/m1/s1. The average Bonchev–Trinajstić information content (AvgIpc) is 2.46. The van der Waals surface area contributed by atoms with Crippen LogP contribution >= 0.6 is 11.6 Å². The normalized spacial score (nSPS) is 17.9. The van der Waals surface area contributed by atoms with Crippen molar-refractivity contribution < 1.29 is 9.90 Å². The number of hydrogen-bond acceptors (Lipinski definition) is 3. The molecule has 0 saturated carbocycles. The summed E-state index contributed by atoms with van der Waals surface area (Å²) in [6.45, 7) is 3.37. The molecule has 1 heterocycles. The van der Waals surface area contributed by atoms with Crippen molar-refractivity contribution in [2.45, 2.75) is 25.9 Å². The van der Waals surface area contributed by atoms with Gasteiger partial charge in [-0.1, -0.05) is 17.7 Å². The minimum Gasteiger partial charge on any atom is -0.389 e. The fourth-order valence-corrected chi connectivity index (χ4v) is 2.93. The average molecular weight is 297 g/mol. The van der Waals surface area contributed by atoms with E-state index in [4.69, 9.17) is 11.6 Å². The Kier molecular flexibility index (Phi) is 4.89. The molecule has 20 heavy (non-hydrogen) atoms.